The van der Waals surface area contributed by atoms with E-state index in [2.05, 4.69) is 0 Å². The topological polar surface area (TPSA) is 77.8 Å². The van der Waals surface area contributed by atoms with Crippen LogP contribution in [0.1, 0.15) is 31.8 Å². The first-order valence-corrected chi connectivity index (χ1v) is 7.46. The van der Waals surface area contributed by atoms with Gasteiger partial charge >= 0.3 is 0 Å². The molecule has 1 aliphatic rings. The SMILES string of the molecule is O=C1c2ccccc2C(=O)c2cc(N(CCO)CCO)ccc21. The number of anilines is 1. The predicted octanol–water partition coefficient (Wildman–Crippen LogP) is 1.25. The van der Waals surface area contributed by atoms with Crippen LogP contribution in [-0.2, 0) is 0 Å². The third-order valence-electron chi connectivity index (χ3n) is 4.01. The number of benzene rings is 2. The third kappa shape index (κ3) is 2.65. The average molecular weight is 311 g/mol. The van der Waals surface area contributed by atoms with Gasteiger partial charge in [0.2, 0.25) is 0 Å². The Morgan fingerprint density at radius 3 is 1.83 bits per heavy atom. The van der Waals surface area contributed by atoms with Crippen molar-refractivity contribution in [2.24, 2.45) is 0 Å². The van der Waals surface area contributed by atoms with Gasteiger partial charge in [-0.3, -0.25) is 9.59 Å². The number of carbonyl (C=O) groups excluding carboxylic acids is 2. The summed E-state index contributed by atoms with van der Waals surface area (Å²) in [6.07, 6.45) is 0. The van der Waals surface area contributed by atoms with E-state index in [9.17, 15) is 9.59 Å². The van der Waals surface area contributed by atoms with Crippen LogP contribution in [0.15, 0.2) is 42.5 Å². The molecule has 118 valence electrons. The zero-order valence-corrected chi connectivity index (χ0v) is 12.5. The Labute approximate surface area is 133 Å². The minimum atomic E-state index is -0.176. The van der Waals surface area contributed by atoms with Gasteiger partial charge in [-0.15, -0.1) is 0 Å². The van der Waals surface area contributed by atoms with Crippen molar-refractivity contribution in [2.75, 3.05) is 31.2 Å². The zero-order chi connectivity index (χ0) is 16.4. The van der Waals surface area contributed by atoms with Gasteiger partial charge in [-0.05, 0) is 18.2 Å². The van der Waals surface area contributed by atoms with Crippen LogP contribution in [0.25, 0.3) is 0 Å². The second kappa shape index (κ2) is 6.32. The molecular weight excluding hydrogens is 294 g/mol. The smallest absolute Gasteiger partial charge is 0.194 e. The molecule has 0 heterocycles. The average Bonchev–Trinajstić information content (AvgIpc) is 2.59. The molecule has 0 aliphatic heterocycles. The van der Waals surface area contributed by atoms with Gasteiger partial charge in [0.05, 0.1) is 13.2 Å². The summed E-state index contributed by atoms with van der Waals surface area (Å²) in [7, 11) is 0. The van der Waals surface area contributed by atoms with Gasteiger partial charge in [-0.1, -0.05) is 24.3 Å². The highest BCUT2D eigenvalue weighted by Crippen LogP contribution is 2.30. The van der Waals surface area contributed by atoms with Gasteiger partial charge in [-0.25, -0.2) is 0 Å². The number of aliphatic hydroxyl groups is 2. The summed E-state index contributed by atoms with van der Waals surface area (Å²) in [6.45, 7) is 0.565. The van der Waals surface area contributed by atoms with Gasteiger partial charge in [0.1, 0.15) is 0 Å². The summed E-state index contributed by atoms with van der Waals surface area (Å²) in [5, 5.41) is 18.3. The molecule has 5 nitrogen and oxygen atoms in total. The highest BCUT2D eigenvalue weighted by Gasteiger charge is 2.29. The lowest BCUT2D eigenvalue weighted by Gasteiger charge is -2.25. The Kier molecular flexibility index (Phi) is 4.23. The van der Waals surface area contributed by atoms with Crippen LogP contribution in [0.5, 0.6) is 0 Å². The van der Waals surface area contributed by atoms with Crippen molar-refractivity contribution in [3.63, 3.8) is 0 Å². The molecular formula is C18H17NO4. The van der Waals surface area contributed by atoms with Crippen molar-refractivity contribution in [3.05, 3.63) is 64.7 Å². The van der Waals surface area contributed by atoms with Gasteiger partial charge < -0.3 is 15.1 Å². The van der Waals surface area contributed by atoms with E-state index >= 15 is 0 Å². The first-order chi connectivity index (χ1) is 11.2. The van der Waals surface area contributed by atoms with Crippen molar-refractivity contribution >= 4 is 17.3 Å². The van der Waals surface area contributed by atoms with Crippen molar-refractivity contribution in [2.45, 2.75) is 0 Å². The molecule has 2 N–H and O–H groups in total. The Bertz CT molecular complexity index is 763. The number of nitrogens with zero attached hydrogens (tertiary/aromatic N) is 1. The molecule has 0 saturated carbocycles. The predicted molar refractivity (Wildman–Crippen MR) is 86.1 cm³/mol. The van der Waals surface area contributed by atoms with Crippen LogP contribution in [0.3, 0.4) is 0 Å². The van der Waals surface area contributed by atoms with Crippen LogP contribution in [0.2, 0.25) is 0 Å². The number of ketones is 2. The molecule has 0 amide bonds. The number of aliphatic hydroxyl groups excluding tert-OH is 2. The second-order valence-corrected chi connectivity index (χ2v) is 5.37. The number of rotatable bonds is 5. The van der Waals surface area contributed by atoms with Gasteiger partial charge in [0, 0.05) is 41.0 Å². The zero-order valence-electron chi connectivity index (χ0n) is 12.5. The van der Waals surface area contributed by atoms with Crippen LogP contribution >= 0.6 is 0 Å². The highest BCUT2D eigenvalue weighted by molar-refractivity contribution is 6.28. The maximum Gasteiger partial charge on any atom is 0.194 e. The van der Waals surface area contributed by atoms with Gasteiger partial charge in [0.15, 0.2) is 11.6 Å². The van der Waals surface area contributed by atoms with Crippen molar-refractivity contribution < 1.29 is 19.8 Å². The molecule has 5 heteroatoms. The van der Waals surface area contributed by atoms with Gasteiger partial charge in [-0.2, -0.15) is 0 Å². The quantitative estimate of drug-likeness (QED) is 0.741. The minimum Gasteiger partial charge on any atom is -0.395 e. The van der Waals surface area contributed by atoms with E-state index in [1.54, 1.807) is 47.4 Å². The molecule has 23 heavy (non-hydrogen) atoms. The molecule has 2 aromatic carbocycles. The highest BCUT2D eigenvalue weighted by atomic mass is 16.3. The summed E-state index contributed by atoms with van der Waals surface area (Å²) in [6, 6.07) is 11.8. The maximum atomic E-state index is 12.7. The molecule has 2 aromatic rings. The second-order valence-electron chi connectivity index (χ2n) is 5.37. The van der Waals surface area contributed by atoms with Crippen LogP contribution in [0.4, 0.5) is 5.69 Å². The van der Waals surface area contributed by atoms with E-state index in [0.717, 1.165) is 0 Å². The molecule has 0 fully saturated rings. The summed E-state index contributed by atoms with van der Waals surface area (Å²) in [5.74, 6) is -0.331. The molecule has 1 aliphatic carbocycles. The molecule has 3 rings (SSSR count). The molecule has 0 unspecified atom stereocenters. The fourth-order valence-electron chi connectivity index (χ4n) is 2.90. The molecule has 0 radical (unpaired) electrons. The fraction of sp³-hybridized carbons (Fsp3) is 0.222. The van der Waals surface area contributed by atoms with Crippen LogP contribution < -0.4 is 4.90 Å². The summed E-state index contributed by atoms with van der Waals surface area (Å²) < 4.78 is 0. The van der Waals surface area contributed by atoms with Crippen molar-refractivity contribution in [3.8, 4) is 0 Å². The van der Waals surface area contributed by atoms with E-state index in [1.165, 1.54) is 0 Å². The van der Waals surface area contributed by atoms with E-state index < -0.39 is 0 Å². The molecule has 0 saturated heterocycles. The Morgan fingerprint density at radius 1 is 0.739 bits per heavy atom. The van der Waals surface area contributed by atoms with E-state index in [1.807, 2.05) is 0 Å². The molecule has 0 spiro atoms. The lowest BCUT2D eigenvalue weighted by atomic mass is 9.84. The number of hydrogen-bond acceptors (Lipinski definition) is 5. The largest absolute Gasteiger partial charge is 0.395 e. The lowest BCUT2D eigenvalue weighted by Crippen LogP contribution is -2.30. The lowest BCUT2D eigenvalue weighted by molar-refractivity contribution is 0.0979. The normalized spacial score (nSPS) is 12.8. The number of hydrogen-bond donors (Lipinski definition) is 2. The number of fused-ring (bicyclic) bond motifs is 2. The van der Waals surface area contributed by atoms with E-state index in [0.29, 0.717) is 41.0 Å². The minimum absolute atomic E-state index is 0.0627. The maximum absolute atomic E-state index is 12.7. The fourth-order valence-corrected chi connectivity index (χ4v) is 2.90. The van der Waals surface area contributed by atoms with Crippen LogP contribution in [-0.4, -0.2) is 48.1 Å². The summed E-state index contributed by atoms with van der Waals surface area (Å²) in [5.41, 5.74) is 2.31. The summed E-state index contributed by atoms with van der Waals surface area (Å²) in [4.78, 5) is 27.0. The van der Waals surface area contributed by atoms with Crippen molar-refractivity contribution in [1.82, 2.24) is 0 Å². The van der Waals surface area contributed by atoms with E-state index in [-0.39, 0.29) is 24.8 Å². The molecule has 0 aromatic heterocycles. The number of carbonyl (C=O) groups is 2. The van der Waals surface area contributed by atoms with Crippen molar-refractivity contribution in [1.29, 1.82) is 0 Å². The Balaban J connectivity index is 2.06. The standard InChI is InChI=1S/C18H17NO4/c20-9-7-19(8-10-21)12-5-6-15-16(11-12)18(23)14-4-2-1-3-13(14)17(15)22/h1-6,11,20-21H,7-10H2. The summed E-state index contributed by atoms with van der Waals surface area (Å²) >= 11 is 0. The monoisotopic (exact) mass is 311 g/mol. The van der Waals surface area contributed by atoms with E-state index in [4.69, 9.17) is 10.2 Å². The third-order valence-corrected chi connectivity index (χ3v) is 4.01. The van der Waals surface area contributed by atoms with Crippen LogP contribution in [0, 0.1) is 0 Å². The Hall–Kier alpha value is -2.50. The van der Waals surface area contributed by atoms with Gasteiger partial charge in [0.25, 0.3) is 0 Å². The molecule has 0 atom stereocenters. The Morgan fingerprint density at radius 2 is 1.26 bits per heavy atom. The first kappa shape index (κ1) is 15.4. The molecule has 0 bridgehead atoms. The first-order valence-electron chi connectivity index (χ1n) is 7.46.